The highest BCUT2D eigenvalue weighted by atomic mass is 19.1. The first-order valence-electron chi connectivity index (χ1n) is 5.81. The topological polar surface area (TPSA) is 90.4 Å². The Hall–Kier alpha value is -1.82. The minimum Gasteiger partial charge on any atom is -0.398 e. The summed E-state index contributed by atoms with van der Waals surface area (Å²) in [7, 11) is 0. The molecule has 1 amide bonds. The zero-order valence-electron chi connectivity index (χ0n) is 9.91. The van der Waals surface area contributed by atoms with Crippen molar-refractivity contribution in [2.45, 2.75) is 18.9 Å². The number of nitrogen functional groups attached to an aromatic ring is 1. The van der Waals surface area contributed by atoms with Crippen molar-refractivity contribution >= 4 is 17.3 Å². The van der Waals surface area contributed by atoms with Crippen LogP contribution in [0.1, 0.15) is 23.2 Å². The monoisotopic (exact) mass is 253 g/mol. The number of benzene rings is 1. The van der Waals surface area contributed by atoms with Gasteiger partial charge in [-0.25, -0.2) is 4.39 Å². The molecule has 0 saturated carbocycles. The van der Waals surface area contributed by atoms with E-state index in [2.05, 4.69) is 5.32 Å². The van der Waals surface area contributed by atoms with Gasteiger partial charge in [0.15, 0.2) is 0 Å². The molecule has 1 aliphatic rings. The Bertz CT molecular complexity index is 459. The molecule has 1 saturated heterocycles. The second-order valence-electron chi connectivity index (χ2n) is 4.31. The van der Waals surface area contributed by atoms with Gasteiger partial charge < -0.3 is 21.5 Å². The number of carbonyl (C=O) groups is 1. The maximum absolute atomic E-state index is 13.7. The van der Waals surface area contributed by atoms with Crippen LogP contribution >= 0.6 is 0 Å². The number of primary amides is 1. The highest BCUT2D eigenvalue weighted by Gasteiger charge is 2.17. The van der Waals surface area contributed by atoms with E-state index in [0.29, 0.717) is 13.2 Å². The van der Waals surface area contributed by atoms with Crippen molar-refractivity contribution in [3.05, 3.63) is 23.5 Å². The predicted molar refractivity (Wildman–Crippen MR) is 66.8 cm³/mol. The fourth-order valence-electron chi connectivity index (χ4n) is 1.97. The molecule has 0 bridgehead atoms. The molecule has 0 aliphatic carbocycles. The minimum atomic E-state index is -0.664. The Balaban J connectivity index is 2.21. The van der Waals surface area contributed by atoms with Crippen LogP contribution in [0, 0.1) is 5.82 Å². The average Bonchev–Trinajstić information content (AvgIpc) is 2.33. The lowest BCUT2D eigenvalue weighted by Gasteiger charge is -2.24. The largest absolute Gasteiger partial charge is 0.398 e. The number of hydrogen-bond acceptors (Lipinski definition) is 4. The van der Waals surface area contributed by atoms with Crippen molar-refractivity contribution in [1.29, 1.82) is 0 Å². The van der Waals surface area contributed by atoms with E-state index in [-0.39, 0.29) is 23.0 Å². The van der Waals surface area contributed by atoms with E-state index in [0.717, 1.165) is 18.9 Å². The number of nitrogens with two attached hydrogens (primary N) is 2. The molecule has 5 nitrogen and oxygen atoms in total. The second kappa shape index (κ2) is 5.22. The van der Waals surface area contributed by atoms with Gasteiger partial charge in [0, 0.05) is 24.9 Å². The fraction of sp³-hybridized carbons (Fsp3) is 0.417. The molecule has 1 aliphatic heterocycles. The van der Waals surface area contributed by atoms with Gasteiger partial charge in [-0.1, -0.05) is 0 Å². The van der Waals surface area contributed by atoms with Gasteiger partial charge in [-0.3, -0.25) is 4.79 Å². The van der Waals surface area contributed by atoms with Crippen LogP contribution in [0.4, 0.5) is 15.8 Å². The van der Waals surface area contributed by atoms with Gasteiger partial charge >= 0.3 is 0 Å². The summed E-state index contributed by atoms with van der Waals surface area (Å²) in [5.41, 5.74) is 11.2. The molecule has 98 valence electrons. The molecule has 5 N–H and O–H groups in total. The molecule has 1 heterocycles. The van der Waals surface area contributed by atoms with Crippen LogP contribution in [-0.2, 0) is 4.74 Å². The molecule has 0 unspecified atom stereocenters. The zero-order valence-corrected chi connectivity index (χ0v) is 9.91. The lowest BCUT2D eigenvalue weighted by atomic mass is 10.1. The van der Waals surface area contributed by atoms with Gasteiger partial charge in [0.05, 0.1) is 11.3 Å². The summed E-state index contributed by atoms with van der Waals surface area (Å²) in [5, 5.41) is 3.05. The third-order valence-corrected chi connectivity index (χ3v) is 2.99. The van der Waals surface area contributed by atoms with Gasteiger partial charge in [-0.15, -0.1) is 0 Å². The number of halogens is 1. The standard InChI is InChI=1S/C12H16FN3O2/c13-9-6-10(14)8(12(15)17)5-11(9)16-7-1-3-18-4-2-7/h5-7,16H,1-4,14H2,(H2,15,17). The summed E-state index contributed by atoms with van der Waals surface area (Å²) in [6, 6.07) is 2.61. The van der Waals surface area contributed by atoms with E-state index in [1.54, 1.807) is 0 Å². The first kappa shape index (κ1) is 12.6. The second-order valence-corrected chi connectivity index (χ2v) is 4.31. The van der Waals surface area contributed by atoms with Crippen molar-refractivity contribution in [2.75, 3.05) is 24.3 Å². The summed E-state index contributed by atoms with van der Waals surface area (Å²) >= 11 is 0. The molecule has 0 spiro atoms. The third kappa shape index (κ3) is 2.70. The lowest BCUT2D eigenvalue weighted by Crippen LogP contribution is -2.28. The predicted octanol–water partition coefficient (Wildman–Crippen LogP) is 1.10. The van der Waals surface area contributed by atoms with Crippen LogP contribution in [0.2, 0.25) is 0 Å². The number of amides is 1. The Morgan fingerprint density at radius 1 is 1.39 bits per heavy atom. The smallest absolute Gasteiger partial charge is 0.250 e. The third-order valence-electron chi connectivity index (χ3n) is 2.99. The molecule has 1 aromatic rings. The summed E-state index contributed by atoms with van der Waals surface area (Å²) < 4.78 is 18.9. The van der Waals surface area contributed by atoms with Crippen molar-refractivity contribution in [3.63, 3.8) is 0 Å². The van der Waals surface area contributed by atoms with E-state index in [1.165, 1.54) is 6.07 Å². The fourth-order valence-corrected chi connectivity index (χ4v) is 1.97. The van der Waals surface area contributed by atoms with Crippen molar-refractivity contribution in [3.8, 4) is 0 Å². The first-order valence-corrected chi connectivity index (χ1v) is 5.81. The van der Waals surface area contributed by atoms with Crippen LogP contribution in [0.5, 0.6) is 0 Å². The van der Waals surface area contributed by atoms with Gasteiger partial charge in [0.2, 0.25) is 0 Å². The molecule has 0 radical (unpaired) electrons. The van der Waals surface area contributed by atoms with Crippen LogP contribution < -0.4 is 16.8 Å². The normalized spacial score (nSPS) is 16.5. The Labute approximate surface area is 104 Å². The molecule has 2 rings (SSSR count). The number of nitrogens with one attached hydrogen (secondary N) is 1. The molecule has 18 heavy (non-hydrogen) atoms. The summed E-state index contributed by atoms with van der Waals surface area (Å²) in [6.07, 6.45) is 1.60. The maximum Gasteiger partial charge on any atom is 0.250 e. The van der Waals surface area contributed by atoms with Gasteiger partial charge in [-0.2, -0.15) is 0 Å². The van der Waals surface area contributed by atoms with Crippen LogP contribution in [0.3, 0.4) is 0 Å². The molecular formula is C12H16FN3O2. The van der Waals surface area contributed by atoms with E-state index >= 15 is 0 Å². The van der Waals surface area contributed by atoms with Gasteiger partial charge in [0.25, 0.3) is 5.91 Å². The summed E-state index contributed by atoms with van der Waals surface area (Å²) in [4.78, 5) is 11.1. The highest BCUT2D eigenvalue weighted by Crippen LogP contribution is 2.24. The number of anilines is 2. The van der Waals surface area contributed by atoms with E-state index in [9.17, 15) is 9.18 Å². The minimum absolute atomic E-state index is 0.0533. The Morgan fingerprint density at radius 2 is 2.06 bits per heavy atom. The number of ether oxygens (including phenoxy) is 1. The Kier molecular flexibility index (Phi) is 3.66. The van der Waals surface area contributed by atoms with Crippen molar-refractivity contribution in [1.82, 2.24) is 0 Å². The number of rotatable bonds is 3. The Morgan fingerprint density at radius 3 is 2.67 bits per heavy atom. The quantitative estimate of drug-likeness (QED) is 0.703. The van der Waals surface area contributed by atoms with E-state index in [1.807, 2.05) is 0 Å². The van der Waals surface area contributed by atoms with Crippen LogP contribution in [0.25, 0.3) is 0 Å². The van der Waals surface area contributed by atoms with E-state index in [4.69, 9.17) is 16.2 Å². The summed E-state index contributed by atoms with van der Waals surface area (Å²) in [5.74, 6) is -1.15. The van der Waals surface area contributed by atoms with Gasteiger partial charge in [0.1, 0.15) is 5.82 Å². The molecule has 6 heteroatoms. The average molecular weight is 253 g/mol. The van der Waals surface area contributed by atoms with Crippen LogP contribution in [-0.4, -0.2) is 25.2 Å². The molecule has 1 aromatic carbocycles. The molecule has 1 fully saturated rings. The molecular weight excluding hydrogens is 237 g/mol. The molecule has 0 atom stereocenters. The van der Waals surface area contributed by atoms with Crippen molar-refractivity contribution < 1.29 is 13.9 Å². The van der Waals surface area contributed by atoms with Crippen molar-refractivity contribution in [2.24, 2.45) is 5.73 Å². The highest BCUT2D eigenvalue weighted by molar-refractivity contribution is 5.99. The number of carbonyl (C=O) groups excluding carboxylic acids is 1. The molecule has 0 aromatic heterocycles. The maximum atomic E-state index is 13.7. The zero-order chi connectivity index (χ0) is 13.1. The van der Waals surface area contributed by atoms with Gasteiger partial charge in [-0.05, 0) is 25.0 Å². The van der Waals surface area contributed by atoms with E-state index < -0.39 is 11.7 Å². The summed E-state index contributed by atoms with van der Waals surface area (Å²) in [6.45, 7) is 1.30. The van der Waals surface area contributed by atoms with Crippen LogP contribution in [0.15, 0.2) is 12.1 Å². The number of hydrogen-bond donors (Lipinski definition) is 3. The SMILES string of the molecule is NC(=O)c1cc(NC2CCOCC2)c(F)cc1N. The lowest BCUT2D eigenvalue weighted by molar-refractivity contribution is 0.0903. The first-order chi connectivity index (χ1) is 8.58.